The van der Waals surface area contributed by atoms with Gasteiger partial charge in [-0.2, -0.15) is 18.2 Å². The molecule has 1 aromatic heterocycles. The van der Waals surface area contributed by atoms with Crippen LogP contribution in [-0.4, -0.2) is 124 Å². The minimum Gasteiger partial charge on any atom is -0.491 e. The van der Waals surface area contributed by atoms with Crippen LogP contribution in [0.3, 0.4) is 0 Å². The molecule has 2 atom stereocenters. The third kappa shape index (κ3) is 12.9. The average Bonchev–Trinajstić information content (AvgIpc) is 3.52. The van der Waals surface area contributed by atoms with E-state index >= 15 is 0 Å². The Morgan fingerprint density at radius 2 is 1.66 bits per heavy atom. The van der Waals surface area contributed by atoms with Gasteiger partial charge in [0.2, 0.25) is 27.8 Å². The van der Waals surface area contributed by atoms with Gasteiger partial charge >= 0.3 is 6.18 Å². The van der Waals surface area contributed by atoms with E-state index in [4.69, 9.17) is 18.9 Å². The molecule has 0 bridgehead atoms. The lowest BCUT2D eigenvalue weighted by Crippen LogP contribution is -2.54. The number of amides is 4. The lowest BCUT2D eigenvalue weighted by atomic mass is 10.0. The maximum absolute atomic E-state index is 13.8. The number of nitrogens with zero attached hydrogens (tertiary/aromatic N) is 4. The lowest BCUT2D eigenvalue weighted by molar-refractivity contribution is -0.138. The van der Waals surface area contributed by atoms with Crippen LogP contribution in [0.15, 0.2) is 72.9 Å². The number of fused-ring (bicyclic) bond motifs is 1. The smallest absolute Gasteiger partial charge is 0.421 e. The summed E-state index contributed by atoms with van der Waals surface area (Å²) in [7, 11) is -2.17. The third-order valence-electron chi connectivity index (χ3n) is 10.0. The second kappa shape index (κ2) is 21.5. The summed E-state index contributed by atoms with van der Waals surface area (Å²) in [5, 5.41) is 20.9. The van der Waals surface area contributed by atoms with E-state index in [1.165, 1.54) is 19.2 Å². The summed E-state index contributed by atoms with van der Waals surface area (Å²) in [6, 6.07) is 16.4. The van der Waals surface area contributed by atoms with Crippen molar-refractivity contribution in [2.45, 2.75) is 44.3 Å². The molecule has 6 rings (SSSR count). The summed E-state index contributed by atoms with van der Waals surface area (Å²) >= 11 is 0. The monoisotopic (exact) mass is 928 g/mol. The highest BCUT2D eigenvalue weighted by Gasteiger charge is 2.46. The predicted octanol–water partition coefficient (Wildman–Crippen LogP) is 3.44. The number of imide groups is 2. The third-order valence-corrected chi connectivity index (χ3v) is 11.2. The number of halogens is 3. The fourth-order valence-corrected chi connectivity index (χ4v) is 7.11. The first kappa shape index (κ1) is 48.1. The number of aliphatic hydroxyl groups is 1. The molecule has 19 nitrogen and oxygen atoms in total. The SMILES string of the molecule is CN(c1cccc(CNc2nc(Nc3ccc(OCCOCCOCCC(O)NCCOc4cccc5c4C(=O)N(C4CCC(=O)NC4=O)C5=O)cc3)ncc2C(F)(F)F)c1)S(C)(=O)=O. The van der Waals surface area contributed by atoms with Gasteiger partial charge in [-0.1, -0.05) is 18.2 Å². The Kier molecular flexibility index (Phi) is 15.9. The number of sulfonamides is 1. The highest BCUT2D eigenvalue weighted by atomic mass is 32.2. The number of aromatic nitrogens is 2. The number of aliphatic hydroxyl groups excluding tert-OH is 1. The van der Waals surface area contributed by atoms with E-state index in [1.54, 1.807) is 54.6 Å². The van der Waals surface area contributed by atoms with Crippen LogP contribution >= 0.6 is 0 Å². The van der Waals surface area contributed by atoms with Gasteiger partial charge in [0.15, 0.2) is 0 Å². The molecule has 23 heteroatoms. The molecule has 0 spiro atoms. The number of piperidine rings is 1. The molecule has 5 N–H and O–H groups in total. The van der Waals surface area contributed by atoms with Crippen molar-refractivity contribution in [2.24, 2.45) is 0 Å². The van der Waals surface area contributed by atoms with Gasteiger partial charge in [0.1, 0.15) is 48.4 Å². The Morgan fingerprint density at radius 1 is 0.938 bits per heavy atom. The quantitative estimate of drug-likeness (QED) is 0.0407. The van der Waals surface area contributed by atoms with Gasteiger partial charge in [-0.05, 0) is 60.5 Å². The number of anilines is 4. The molecule has 4 aromatic rings. The normalized spacial score (nSPS) is 15.7. The minimum absolute atomic E-state index is 0.00955. The second-order valence-corrected chi connectivity index (χ2v) is 16.7. The number of hydrogen-bond acceptors (Lipinski definition) is 16. The number of nitrogens with one attached hydrogen (secondary N) is 4. The van der Waals surface area contributed by atoms with E-state index in [0.29, 0.717) is 28.9 Å². The molecule has 0 aliphatic carbocycles. The summed E-state index contributed by atoms with van der Waals surface area (Å²) < 4.78 is 88.9. The maximum Gasteiger partial charge on any atom is 0.421 e. The maximum atomic E-state index is 13.8. The molecule has 0 radical (unpaired) electrons. The summed E-state index contributed by atoms with van der Waals surface area (Å²) in [5.74, 6) is -2.38. The highest BCUT2D eigenvalue weighted by molar-refractivity contribution is 7.92. The van der Waals surface area contributed by atoms with Crippen LogP contribution in [-0.2, 0) is 41.8 Å². The van der Waals surface area contributed by atoms with Crippen molar-refractivity contribution in [2.75, 3.05) is 74.4 Å². The summed E-state index contributed by atoms with van der Waals surface area (Å²) in [6.45, 7) is 1.40. The Morgan fingerprint density at radius 3 is 2.38 bits per heavy atom. The first-order valence-corrected chi connectivity index (χ1v) is 22.1. The minimum atomic E-state index is -4.74. The summed E-state index contributed by atoms with van der Waals surface area (Å²) in [6.07, 6.45) is -3.64. The molecule has 65 heavy (non-hydrogen) atoms. The van der Waals surface area contributed by atoms with E-state index in [1.807, 2.05) is 0 Å². The molecular formula is C42H47F3N8O11S. The topological polar surface area (TPSA) is 240 Å². The number of ether oxygens (including phenoxy) is 4. The van der Waals surface area contributed by atoms with Crippen molar-refractivity contribution >= 4 is 56.8 Å². The van der Waals surface area contributed by atoms with Crippen LogP contribution in [0.5, 0.6) is 11.5 Å². The van der Waals surface area contributed by atoms with Gasteiger partial charge in [0, 0.05) is 44.9 Å². The number of carbonyl (C=O) groups is 4. The van der Waals surface area contributed by atoms with Gasteiger partial charge in [0.05, 0.1) is 49.5 Å². The summed E-state index contributed by atoms with van der Waals surface area (Å²) in [4.78, 5) is 58.8. The van der Waals surface area contributed by atoms with Gasteiger partial charge in [0.25, 0.3) is 11.8 Å². The molecule has 2 unspecified atom stereocenters. The van der Waals surface area contributed by atoms with Gasteiger partial charge < -0.3 is 34.7 Å². The van der Waals surface area contributed by atoms with E-state index in [0.717, 1.165) is 15.5 Å². The molecule has 4 amide bonds. The van der Waals surface area contributed by atoms with E-state index in [-0.39, 0.29) is 94.8 Å². The van der Waals surface area contributed by atoms with Gasteiger partial charge in [-0.15, -0.1) is 0 Å². The number of carbonyl (C=O) groups excluding carboxylic acids is 4. The molecule has 3 heterocycles. The van der Waals surface area contributed by atoms with Crippen LogP contribution in [0.25, 0.3) is 0 Å². The van der Waals surface area contributed by atoms with E-state index < -0.39 is 63.5 Å². The molecule has 0 saturated carbocycles. The van der Waals surface area contributed by atoms with E-state index in [2.05, 4.69) is 31.2 Å². The van der Waals surface area contributed by atoms with Crippen molar-refractivity contribution in [3.8, 4) is 11.5 Å². The van der Waals surface area contributed by atoms with Crippen molar-refractivity contribution in [3.05, 3.63) is 95.2 Å². The Hall–Kier alpha value is -6.40. The molecular weight excluding hydrogens is 882 g/mol. The highest BCUT2D eigenvalue weighted by Crippen LogP contribution is 2.35. The summed E-state index contributed by atoms with van der Waals surface area (Å²) in [5.41, 5.74) is 0.421. The van der Waals surface area contributed by atoms with Crippen molar-refractivity contribution in [3.63, 3.8) is 0 Å². The zero-order valence-electron chi connectivity index (χ0n) is 35.2. The van der Waals surface area contributed by atoms with Crippen LogP contribution < -0.4 is 35.0 Å². The van der Waals surface area contributed by atoms with Crippen LogP contribution in [0.4, 0.5) is 36.3 Å². The standard InChI is InChI=1S/C42H47F3N8O11S/c1-52(65(2,59)60)28-6-3-5-26(23-28)24-47-37-31(42(43,44)45)25-48-41(51-37)49-27-9-11-29(12-10-27)63-22-21-62-20-19-61-17-15-34(54)46-16-18-64-33-8-4-7-30-36(33)40(58)53(39(30)57)32-13-14-35(55)50-38(32)56/h3-12,23,25,32,34,46,54H,13-22,24H2,1-2H3,(H,50,55,56)(H2,47,48,49,51). The largest absolute Gasteiger partial charge is 0.491 e. The molecule has 3 aromatic carbocycles. The number of hydrogen-bond donors (Lipinski definition) is 5. The molecule has 1 saturated heterocycles. The van der Waals surface area contributed by atoms with Gasteiger partial charge in [-0.3, -0.25) is 39.0 Å². The van der Waals surface area contributed by atoms with Crippen molar-refractivity contribution < 1.29 is 64.8 Å². The first-order valence-electron chi connectivity index (χ1n) is 20.2. The second-order valence-electron chi connectivity index (χ2n) is 14.7. The molecule has 2 aliphatic heterocycles. The average molecular weight is 929 g/mol. The number of rotatable bonds is 23. The Labute approximate surface area is 371 Å². The molecule has 2 aliphatic rings. The Bertz CT molecular complexity index is 2460. The molecule has 348 valence electrons. The van der Waals surface area contributed by atoms with Crippen molar-refractivity contribution in [1.82, 2.24) is 25.5 Å². The van der Waals surface area contributed by atoms with E-state index in [9.17, 15) is 45.9 Å². The van der Waals surface area contributed by atoms with Gasteiger partial charge in [-0.25, -0.2) is 13.4 Å². The molecule has 1 fully saturated rings. The van der Waals surface area contributed by atoms with Crippen LogP contribution in [0.1, 0.15) is 51.1 Å². The number of alkyl halides is 3. The number of benzene rings is 3. The first-order chi connectivity index (χ1) is 31.0. The predicted molar refractivity (Wildman–Crippen MR) is 228 cm³/mol. The van der Waals surface area contributed by atoms with Crippen molar-refractivity contribution in [1.29, 1.82) is 0 Å². The fraction of sp³-hybridized carbons (Fsp3) is 0.381. The van der Waals surface area contributed by atoms with Crippen LogP contribution in [0, 0.1) is 0 Å². The zero-order valence-corrected chi connectivity index (χ0v) is 36.0. The fourth-order valence-electron chi connectivity index (χ4n) is 6.62. The van der Waals surface area contributed by atoms with Crippen LogP contribution in [0.2, 0.25) is 0 Å². The Balaban J connectivity index is 0.841. The lowest BCUT2D eigenvalue weighted by Gasteiger charge is -2.27. The zero-order chi connectivity index (χ0) is 46.7.